The second kappa shape index (κ2) is 7.78. The lowest BCUT2D eigenvalue weighted by Gasteiger charge is -2.25. The van der Waals surface area contributed by atoms with E-state index in [0.29, 0.717) is 42.0 Å². The van der Waals surface area contributed by atoms with Gasteiger partial charge in [-0.25, -0.2) is 8.42 Å². The molecule has 1 aromatic carbocycles. The van der Waals surface area contributed by atoms with Crippen molar-refractivity contribution >= 4 is 15.9 Å². The van der Waals surface area contributed by atoms with Gasteiger partial charge in [-0.3, -0.25) is 9.78 Å². The van der Waals surface area contributed by atoms with Crippen molar-refractivity contribution in [3.05, 3.63) is 58.9 Å². The third-order valence-corrected chi connectivity index (χ3v) is 7.08. The normalized spacial score (nSPS) is 17.8. The summed E-state index contributed by atoms with van der Waals surface area (Å²) in [5.74, 6) is -0.262. The Labute approximate surface area is 160 Å². The molecule has 1 unspecified atom stereocenters. The number of sulfonamides is 1. The molecular weight excluding hydrogens is 362 g/mol. The predicted molar refractivity (Wildman–Crippen MR) is 104 cm³/mol. The van der Waals surface area contributed by atoms with Crippen LogP contribution in [0.3, 0.4) is 0 Å². The van der Waals surface area contributed by atoms with Gasteiger partial charge < -0.3 is 5.32 Å². The van der Waals surface area contributed by atoms with Crippen LogP contribution in [0.25, 0.3) is 0 Å². The van der Waals surface area contributed by atoms with E-state index < -0.39 is 16.1 Å². The summed E-state index contributed by atoms with van der Waals surface area (Å²) in [5, 5.41) is 2.85. The number of pyridine rings is 1. The maximum absolute atomic E-state index is 13.3. The summed E-state index contributed by atoms with van der Waals surface area (Å²) in [5.41, 5.74) is 3.34. The van der Waals surface area contributed by atoms with Crippen molar-refractivity contribution < 1.29 is 13.2 Å². The van der Waals surface area contributed by atoms with E-state index in [1.807, 2.05) is 25.1 Å². The summed E-state index contributed by atoms with van der Waals surface area (Å²) < 4.78 is 28.0. The van der Waals surface area contributed by atoms with Crippen LogP contribution in [0.15, 0.2) is 41.6 Å². The molecule has 0 bridgehead atoms. The Bertz CT molecular complexity index is 919. The van der Waals surface area contributed by atoms with E-state index in [-0.39, 0.29) is 5.91 Å². The van der Waals surface area contributed by atoms with Crippen molar-refractivity contribution in [2.75, 3.05) is 6.54 Å². The Hall–Kier alpha value is -2.25. The van der Waals surface area contributed by atoms with Crippen LogP contribution < -0.4 is 5.32 Å². The molecule has 1 aliphatic heterocycles. The maximum atomic E-state index is 13.3. The van der Waals surface area contributed by atoms with Crippen LogP contribution in [-0.2, 0) is 21.4 Å². The number of hydrogen-bond acceptors (Lipinski definition) is 4. The molecule has 2 aromatic rings. The van der Waals surface area contributed by atoms with Crippen molar-refractivity contribution in [1.82, 2.24) is 14.6 Å². The van der Waals surface area contributed by atoms with Crippen LogP contribution in [0.2, 0.25) is 0 Å². The first kappa shape index (κ1) is 19.5. The molecule has 1 saturated heterocycles. The molecule has 2 heterocycles. The van der Waals surface area contributed by atoms with Crippen LogP contribution in [0.1, 0.15) is 35.1 Å². The molecule has 1 atom stereocenters. The minimum absolute atomic E-state index is 0.262. The van der Waals surface area contributed by atoms with E-state index in [1.165, 1.54) is 4.31 Å². The van der Waals surface area contributed by atoms with Crippen LogP contribution in [0, 0.1) is 20.8 Å². The van der Waals surface area contributed by atoms with Crippen LogP contribution >= 0.6 is 0 Å². The highest BCUT2D eigenvalue weighted by molar-refractivity contribution is 7.89. The van der Waals surface area contributed by atoms with Crippen molar-refractivity contribution in [2.45, 2.75) is 51.1 Å². The van der Waals surface area contributed by atoms with E-state index in [4.69, 9.17) is 0 Å². The highest BCUT2D eigenvalue weighted by Gasteiger charge is 2.40. The predicted octanol–water partition coefficient (Wildman–Crippen LogP) is 2.48. The SMILES string of the molecule is Cc1cc(C)c(S(=O)(=O)N2CCCC2C(=O)NCc2cccnc2)c(C)c1. The highest BCUT2D eigenvalue weighted by atomic mass is 32.2. The molecule has 1 amide bonds. The first-order chi connectivity index (χ1) is 12.8. The summed E-state index contributed by atoms with van der Waals surface area (Å²) >= 11 is 0. The zero-order valence-electron chi connectivity index (χ0n) is 15.9. The molecule has 0 aliphatic carbocycles. The first-order valence-electron chi connectivity index (χ1n) is 9.07. The van der Waals surface area contributed by atoms with Crippen molar-refractivity contribution in [3.63, 3.8) is 0 Å². The standard InChI is InChI=1S/C20H25N3O3S/c1-14-10-15(2)19(16(3)11-14)27(25,26)23-9-5-7-18(23)20(24)22-13-17-6-4-8-21-12-17/h4,6,8,10-12,18H,5,7,9,13H2,1-3H3,(H,22,24). The van der Waals surface area contributed by atoms with Crippen molar-refractivity contribution in [1.29, 1.82) is 0 Å². The number of hydrogen-bond donors (Lipinski definition) is 1. The Balaban J connectivity index is 1.82. The van der Waals surface area contributed by atoms with E-state index in [1.54, 1.807) is 32.3 Å². The smallest absolute Gasteiger partial charge is 0.244 e. The first-order valence-corrected chi connectivity index (χ1v) is 10.5. The minimum atomic E-state index is -3.73. The number of carbonyl (C=O) groups is 1. The molecule has 1 N–H and O–H groups in total. The molecular formula is C20H25N3O3S. The van der Waals surface area contributed by atoms with E-state index in [0.717, 1.165) is 11.1 Å². The fourth-order valence-electron chi connectivity index (χ4n) is 3.79. The van der Waals surface area contributed by atoms with Gasteiger partial charge in [0.2, 0.25) is 15.9 Å². The van der Waals surface area contributed by atoms with Crippen molar-refractivity contribution in [2.24, 2.45) is 0 Å². The monoisotopic (exact) mass is 387 g/mol. The van der Waals surface area contributed by atoms with Gasteiger partial charge in [-0.1, -0.05) is 23.8 Å². The summed E-state index contributed by atoms with van der Waals surface area (Å²) in [6.07, 6.45) is 4.56. The fourth-order valence-corrected chi connectivity index (χ4v) is 5.86. The molecule has 1 aromatic heterocycles. The largest absolute Gasteiger partial charge is 0.351 e. The van der Waals surface area contributed by atoms with Crippen molar-refractivity contribution in [3.8, 4) is 0 Å². The lowest BCUT2D eigenvalue weighted by molar-refractivity contribution is -0.124. The van der Waals surface area contributed by atoms with Gasteiger partial charge in [-0.2, -0.15) is 4.31 Å². The van der Waals surface area contributed by atoms with Crippen LogP contribution in [0.5, 0.6) is 0 Å². The zero-order valence-corrected chi connectivity index (χ0v) is 16.7. The van der Waals surface area contributed by atoms with Gasteiger partial charge in [-0.15, -0.1) is 0 Å². The van der Waals surface area contributed by atoms with Gasteiger partial charge in [-0.05, 0) is 56.4 Å². The topological polar surface area (TPSA) is 79.4 Å². The Morgan fingerprint density at radius 3 is 2.59 bits per heavy atom. The molecule has 7 heteroatoms. The number of nitrogens with zero attached hydrogens (tertiary/aromatic N) is 2. The van der Waals surface area contributed by atoms with Gasteiger partial charge in [0.15, 0.2) is 0 Å². The minimum Gasteiger partial charge on any atom is -0.351 e. The van der Waals surface area contributed by atoms with E-state index in [2.05, 4.69) is 10.3 Å². The van der Waals surface area contributed by atoms with Gasteiger partial charge in [0.25, 0.3) is 0 Å². The van der Waals surface area contributed by atoms with Crippen LogP contribution in [0.4, 0.5) is 0 Å². The lowest BCUT2D eigenvalue weighted by Crippen LogP contribution is -2.45. The summed E-state index contributed by atoms with van der Waals surface area (Å²) in [7, 11) is -3.73. The number of nitrogens with one attached hydrogen (secondary N) is 1. The number of benzene rings is 1. The number of amides is 1. The molecule has 27 heavy (non-hydrogen) atoms. The summed E-state index contributed by atoms with van der Waals surface area (Å²) in [4.78, 5) is 17.0. The molecule has 1 aliphatic rings. The summed E-state index contributed by atoms with van der Waals surface area (Å²) in [6.45, 7) is 6.25. The van der Waals surface area contributed by atoms with E-state index >= 15 is 0 Å². The Kier molecular flexibility index (Phi) is 5.62. The Morgan fingerprint density at radius 2 is 1.96 bits per heavy atom. The maximum Gasteiger partial charge on any atom is 0.244 e. The number of aryl methyl sites for hydroxylation is 3. The molecule has 0 spiro atoms. The second-order valence-electron chi connectivity index (χ2n) is 7.08. The molecule has 1 fully saturated rings. The Morgan fingerprint density at radius 1 is 1.26 bits per heavy atom. The molecule has 144 valence electrons. The highest BCUT2D eigenvalue weighted by Crippen LogP contribution is 2.30. The average molecular weight is 388 g/mol. The van der Waals surface area contributed by atoms with E-state index in [9.17, 15) is 13.2 Å². The zero-order chi connectivity index (χ0) is 19.6. The second-order valence-corrected chi connectivity index (χ2v) is 8.91. The molecule has 6 nitrogen and oxygen atoms in total. The van der Waals surface area contributed by atoms with Gasteiger partial charge in [0.05, 0.1) is 4.90 Å². The molecule has 3 rings (SSSR count). The summed E-state index contributed by atoms with van der Waals surface area (Å²) in [6, 6.07) is 6.74. The van der Waals surface area contributed by atoms with Crippen LogP contribution in [-0.4, -0.2) is 36.2 Å². The van der Waals surface area contributed by atoms with Gasteiger partial charge in [0, 0.05) is 25.5 Å². The molecule has 0 radical (unpaired) electrons. The third-order valence-electron chi connectivity index (χ3n) is 4.87. The number of carbonyl (C=O) groups excluding carboxylic acids is 1. The molecule has 0 saturated carbocycles. The quantitative estimate of drug-likeness (QED) is 0.855. The number of aromatic nitrogens is 1. The lowest BCUT2D eigenvalue weighted by atomic mass is 10.1. The average Bonchev–Trinajstić information content (AvgIpc) is 3.10. The fraction of sp³-hybridized carbons (Fsp3) is 0.400. The van der Waals surface area contributed by atoms with Gasteiger partial charge in [0.1, 0.15) is 6.04 Å². The third kappa shape index (κ3) is 4.04. The number of rotatable bonds is 5. The van der Waals surface area contributed by atoms with Gasteiger partial charge >= 0.3 is 0 Å².